The molecule has 7 rings (SSSR count). The van der Waals surface area contributed by atoms with E-state index < -0.39 is 12.2 Å². The van der Waals surface area contributed by atoms with Gasteiger partial charge >= 0.3 is 0 Å². The molecule has 3 fully saturated rings. The molecular formula is C28H31FN8O. The number of piperidine rings is 1. The maximum atomic E-state index is 15.7. The van der Waals surface area contributed by atoms with E-state index in [2.05, 4.69) is 25.1 Å². The number of hydrogen-bond acceptors (Lipinski definition) is 8. The number of alkyl halides is 1. The summed E-state index contributed by atoms with van der Waals surface area (Å²) in [5.41, 5.74) is 8.39. The molecule has 3 aliphatic rings. The minimum atomic E-state index is -1.04. The lowest BCUT2D eigenvalue weighted by atomic mass is 9.96. The third kappa shape index (κ3) is 4.18. The van der Waals surface area contributed by atoms with Crippen molar-refractivity contribution in [1.29, 1.82) is 0 Å². The molecule has 2 atom stereocenters. The Morgan fingerprint density at radius 3 is 2.37 bits per heavy atom. The number of para-hydroxylation sites is 1. The highest BCUT2D eigenvalue weighted by atomic mass is 19.1. The van der Waals surface area contributed by atoms with Crippen LogP contribution in [0.2, 0.25) is 0 Å². The molecule has 0 radical (unpaired) electrons. The van der Waals surface area contributed by atoms with Crippen molar-refractivity contribution in [2.24, 2.45) is 0 Å². The predicted octanol–water partition coefficient (Wildman–Crippen LogP) is 3.11. The van der Waals surface area contributed by atoms with E-state index in [9.17, 15) is 0 Å². The molecule has 2 aromatic heterocycles. The minimum absolute atomic E-state index is 0.341. The fourth-order valence-electron chi connectivity index (χ4n) is 5.81. The summed E-state index contributed by atoms with van der Waals surface area (Å²) in [5.74, 6) is 1.82. The summed E-state index contributed by atoms with van der Waals surface area (Å²) in [6.07, 6.45) is 1.06. The van der Waals surface area contributed by atoms with Gasteiger partial charge in [0.15, 0.2) is 5.65 Å². The van der Waals surface area contributed by atoms with Crippen LogP contribution in [0, 0.1) is 0 Å². The van der Waals surface area contributed by atoms with Gasteiger partial charge in [-0.15, -0.1) is 0 Å². The number of nitrogen functional groups attached to an aromatic ring is 1. The molecule has 5 heterocycles. The largest absolute Gasteiger partial charge is 0.457 e. The molecular weight excluding hydrogens is 483 g/mol. The standard InChI is InChI=1S/C28H31FN8O/c29-23-16-35(20-14-36(15-20)19-12-31-13-19)11-10-24(23)37-28-25(27(30)32-17-33-28)26(34-37)18-6-8-22(9-7-18)38-21-4-2-1-3-5-21/h1-9,17,19-20,23-24,31H,10-16H2,(H2,30,32,33)/t23-,24?/m1/s1. The molecule has 9 nitrogen and oxygen atoms in total. The molecule has 196 valence electrons. The molecule has 4 aromatic rings. The molecule has 1 unspecified atom stereocenters. The van der Waals surface area contributed by atoms with Gasteiger partial charge in [0.05, 0.1) is 11.4 Å². The van der Waals surface area contributed by atoms with E-state index in [1.165, 1.54) is 6.33 Å². The van der Waals surface area contributed by atoms with Crippen molar-refractivity contribution in [1.82, 2.24) is 34.9 Å². The summed E-state index contributed by atoms with van der Waals surface area (Å²) in [7, 11) is 0. The van der Waals surface area contributed by atoms with Crippen LogP contribution in [0.1, 0.15) is 12.5 Å². The summed E-state index contributed by atoms with van der Waals surface area (Å²) in [4.78, 5) is 13.5. The SMILES string of the molecule is Nc1ncnc2c1c(-c1ccc(Oc3ccccc3)cc1)nn2C1CCN(C2CN(C3CNC3)C2)C[C@H]1F. The van der Waals surface area contributed by atoms with Crippen LogP contribution >= 0.6 is 0 Å². The summed E-state index contributed by atoms with van der Waals surface area (Å²) in [6, 6.07) is 18.0. The highest BCUT2D eigenvalue weighted by Gasteiger charge is 2.42. The number of halogens is 1. The molecule has 0 aliphatic carbocycles. The molecule has 0 amide bonds. The zero-order valence-corrected chi connectivity index (χ0v) is 21.1. The molecule has 0 spiro atoms. The second-order valence-corrected chi connectivity index (χ2v) is 10.5. The first-order valence-electron chi connectivity index (χ1n) is 13.3. The number of fused-ring (bicyclic) bond motifs is 1. The number of nitrogens with zero attached hydrogens (tertiary/aromatic N) is 6. The molecule has 38 heavy (non-hydrogen) atoms. The number of rotatable bonds is 6. The van der Waals surface area contributed by atoms with Gasteiger partial charge in [-0.05, 0) is 42.8 Å². The number of nitrogens with two attached hydrogens (primary N) is 1. The van der Waals surface area contributed by atoms with Crippen molar-refractivity contribution in [2.45, 2.75) is 30.7 Å². The first kappa shape index (κ1) is 23.5. The Morgan fingerprint density at radius 1 is 0.895 bits per heavy atom. The third-order valence-corrected chi connectivity index (χ3v) is 8.16. The second kappa shape index (κ2) is 9.61. The van der Waals surface area contributed by atoms with Gasteiger partial charge in [0.25, 0.3) is 0 Å². The fourth-order valence-corrected chi connectivity index (χ4v) is 5.81. The first-order valence-corrected chi connectivity index (χ1v) is 13.3. The van der Waals surface area contributed by atoms with E-state index in [4.69, 9.17) is 15.6 Å². The average Bonchev–Trinajstić information content (AvgIpc) is 3.26. The van der Waals surface area contributed by atoms with Crippen LogP contribution in [0.25, 0.3) is 22.3 Å². The molecule has 2 aromatic carbocycles. The van der Waals surface area contributed by atoms with Crippen LogP contribution in [0.5, 0.6) is 11.5 Å². The zero-order chi connectivity index (χ0) is 25.6. The monoisotopic (exact) mass is 514 g/mol. The molecule has 0 bridgehead atoms. The van der Waals surface area contributed by atoms with Crippen LogP contribution in [-0.4, -0.2) is 87.1 Å². The van der Waals surface area contributed by atoms with E-state index in [1.54, 1.807) is 4.68 Å². The smallest absolute Gasteiger partial charge is 0.164 e. The zero-order valence-electron chi connectivity index (χ0n) is 21.1. The number of benzene rings is 2. The van der Waals surface area contributed by atoms with Crippen LogP contribution < -0.4 is 15.8 Å². The average molecular weight is 515 g/mol. The third-order valence-electron chi connectivity index (χ3n) is 8.16. The van der Waals surface area contributed by atoms with Crippen molar-refractivity contribution in [3.05, 3.63) is 60.9 Å². The Balaban J connectivity index is 1.12. The van der Waals surface area contributed by atoms with E-state index in [0.717, 1.165) is 44.0 Å². The number of likely N-dealkylation sites (tertiary alicyclic amines) is 2. The number of aromatic nitrogens is 4. The Hall–Kier alpha value is -3.60. The topological polar surface area (TPSA) is 97.4 Å². The van der Waals surface area contributed by atoms with Gasteiger partial charge in [-0.3, -0.25) is 9.80 Å². The van der Waals surface area contributed by atoms with Gasteiger partial charge in [-0.1, -0.05) is 18.2 Å². The Morgan fingerprint density at radius 2 is 1.66 bits per heavy atom. The van der Waals surface area contributed by atoms with Gasteiger partial charge < -0.3 is 15.8 Å². The lowest BCUT2D eigenvalue weighted by molar-refractivity contribution is -0.0386. The molecule has 10 heteroatoms. The van der Waals surface area contributed by atoms with E-state index in [-0.39, 0.29) is 0 Å². The number of nitrogens with one attached hydrogen (secondary N) is 1. The fraction of sp³-hybridized carbons (Fsp3) is 0.393. The van der Waals surface area contributed by atoms with Crippen LogP contribution in [0.4, 0.5) is 10.2 Å². The summed E-state index contributed by atoms with van der Waals surface area (Å²) >= 11 is 0. The first-order chi connectivity index (χ1) is 18.6. The number of anilines is 1. The van der Waals surface area contributed by atoms with Gasteiger partial charge in [-0.25, -0.2) is 19.0 Å². The van der Waals surface area contributed by atoms with Gasteiger partial charge in [0.2, 0.25) is 0 Å². The van der Waals surface area contributed by atoms with Crippen LogP contribution in [0.15, 0.2) is 60.9 Å². The van der Waals surface area contributed by atoms with Crippen molar-refractivity contribution in [3.63, 3.8) is 0 Å². The predicted molar refractivity (Wildman–Crippen MR) is 144 cm³/mol. The Labute approximate surface area is 220 Å². The maximum absolute atomic E-state index is 15.7. The molecule has 3 N–H and O–H groups in total. The summed E-state index contributed by atoms with van der Waals surface area (Å²) in [5, 5.41) is 8.87. The van der Waals surface area contributed by atoms with Crippen LogP contribution in [0.3, 0.4) is 0 Å². The summed E-state index contributed by atoms with van der Waals surface area (Å²) in [6.45, 7) is 5.47. The summed E-state index contributed by atoms with van der Waals surface area (Å²) < 4.78 is 23.4. The second-order valence-electron chi connectivity index (χ2n) is 10.5. The van der Waals surface area contributed by atoms with Crippen molar-refractivity contribution < 1.29 is 9.13 Å². The minimum Gasteiger partial charge on any atom is -0.457 e. The van der Waals surface area contributed by atoms with Gasteiger partial charge in [-0.2, -0.15) is 5.10 Å². The van der Waals surface area contributed by atoms with Gasteiger partial charge in [0.1, 0.15) is 35.5 Å². The van der Waals surface area contributed by atoms with Gasteiger partial charge in [0, 0.05) is 56.9 Å². The Kier molecular flexibility index (Phi) is 5.95. The number of hydrogen-bond donors (Lipinski definition) is 2. The molecule has 0 saturated carbocycles. The molecule has 3 saturated heterocycles. The Bertz CT molecular complexity index is 1420. The lowest BCUT2D eigenvalue weighted by Crippen LogP contribution is -2.69. The van der Waals surface area contributed by atoms with Crippen molar-refractivity contribution in [3.8, 4) is 22.8 Å². The van der Waals surface area contributed by atoms with E-state index in [1.807, 2.05) is 54.6 Å². The highest BCUT2D eigenvalue weighted by molar-refractivity contribution is 5.98. The maximum Gasteiger partial charge on any atom is 0.164 e. The normalized spacial score (nSPS) is 23.3. The lowest BCUT2D eigenvalue weighted by Gasteiger charge is -2.53. The van der Waals surface area contributed by atoms with Crippen molar-refractivity contribution >= 4 is 16.9 Å². The quantitative estimate of drug-likeness (QED) is 0.405. The molecule has 3 aliphatic heterocycles. The van der Waals surface area contributed by atoms with E-state index in [0.29, 0.717) is 53.3 Å². The van der Waals surface area contributed by atoms with Crippen LogP contribution in [-0.2, 0) is 0 Å². The number of ether oxygens (including phenoxy) is 1. The van der Waals surface area contributed by atoms with E-state index >= 15 is 4.39 Å². The van der Waals surface area contributed by atoms with Crippen molar-refractivity contribution in [2.75, 3.05) is 45.0 Å². The highest BCUT2D eigenvalue weighted by Crippen LogP contribution is 2.36.